The lowest BCUT2D eigenvalue weighted by Crippen LogP contribution is -2.30. The van der Waals surface area contributed by atoms with Gasteiger partial charge in [-0.25, -0.2) is 0 Å². The molecule has 5 rings (SSSR count). The molecule has 3 heterocycles. The Balaban J connectivity index is 1.63. The summed E-state index contributed by atoms with van der Waals surface area (Å²) in [5, 5.41) is 13.4. The van der Waals surface area contributed by atoms with Crippen LogP contribution in [0.3, 0.4) is 0 Å². The van der Waals surface area contributed by atoms with Crippen LogP contribution in [-0.4, -0.2) is 16.8 Å². The number of halogens is 1. The first-order valence-electron chi connectivity index (χ1n) is 9.54. The molecule has 0 saturated carbocycles. The molecule has 5 nitrogen and oxygen atoms in total. The maximum atomic E-state index is 13.5. The molecule has 1 aliphatic heterocycles. The number of aryl methyl sites for hydroxylation is 1. The van der Waals surface area contributed by atoms with Crippen molar-refractivity contribution < 1.29 is 19.1 Å². The van der Waals surface area contributed by atoms with E-state index in [1.165, 1.54) is 16.2 Å². The van der Waals surface area contributed by atoms with Gasteiger partial charge in [0.05, 0.1) is 5.57 Å². The van der Waals surface area contributed by atoms with Gasteiger partial charge in [-0.05, 0) is 54.8 Å². The highest BCUT2D eigenvalue weighted by atomic mass is 79.9. The molecule has 1 amide bonds. The van der Waals surface area contributed by atoms with Gasteiger partial charge < -0.3 is 9.52 Å². The van der Waals surface area contributed by atoms with E-state index in [0.717, 1.165) is 20.3 Å². The number of hydrogen-bond acceptors (Lipinski definition) is 5. The Hall–Kier alpha value is -3.16. The van der Waals surface area contributed by atoms with Crippen LogP contribution in [0.1, 0.15) is 27.0 Å². The second kappa shape index (κ2) is 7.51. The summed E-state index contributed by atoms with van der Waals surface area (Å²) >= 11 is 4.83. The number of carbonyl (C=O) groups excluding carboxylic acids is 2. The summed E-state index contributed by atoms with van der Waals surface area (Å²) in [7, 11) is 0. The molecule has 0 radical (unpaired) electrons. The molecule has 0 fully saturated rings. The van der Waals surface area contributed by atoms with Crippen molar-refractivity contribution in [2.45, 2.75) is 13.0 Å². The van der Waals surface area contributed by atoms with Crippen molar-refractivity contribution in [1.82, 2.24) is 0 Å². The lowest BCUT2D eigenvalue weighted by molar-refractivity contribution is -0.117. The van der Waals surface area contributed by atoms with Gasteiger partial charge in [-0.1, -0.05) is 39.7 Å². The Morgan fingerprint density at radius 2 is 1.90 bits per heavy atom. The fraction of sp³-hybridized carbons (Fsp3) is 0.0833. The SMILES string of the molecule is Cc1ccc(N2C(=O)C(O)=C(C(=O)c3cc4cc(Br)ccc4o3)C2c2cccs2)cc1. The molecule has 2 aromatic heterocycles. The van der Waals surface area contributed by atoms with Gasteiger partial charge in [0.2, 0.25) is 5.78 Å². The molecule has 2 aromatic carbocycles. The number of anilines is 1. The van der Waals surface area contributed by atoms with Gasteiger partial charge in [0.15, 0.2) is 11.5 Å². The standard InChI is InChI=1S/C24H16BrNO4S/c1-13-4-7-16(8-5-13)26-21(19-3-2-10-31-19)20(23(28)24(26)29)22(27)18-12-14-11-15(25)6-9-17(14)30-18/h2-12,21,28H,1H3. The van der Waals surface area contributed by atoms with Crippen LogP contribution in [0.2, 0.25) is 0 Å². The molecular weight excluding hydrogens is 478 g/mol. The predicted octanol–water partition coefficient (Wildman–Crippen LogP) is 6.35. The smallest absolute Gasteiger partial charge is 0.294 e. The summed E-state index contributed by atoms with van der Waals surface area (Å²) in [6, 6.07) is 17.4. The lowest BCUT2D eigenvalue weighted by Gasteiger charge is -2.25. The van der Waals surface area contributed by atoms with Crippen LogP contribution in [0.4, 0.5) is 5.69 Å². The minimum atomic E-state index is -0.734. The molecule has 0 aliphatic carbocycles. The third-order valence-corrected chi connectivity index (χ3v) is 6.70. The highest BCUT2D eigenvalue weighted by Crippen LogP contribution is 2.43. The maximum Gasteiger partial charge on any atom is 0.294 e. The molecule has 7 heteroatoms. The summed E-state index contributed by atoms with van der Waals surface area (Å²) in [4.78, 5) is 28.8. The van der Waals surface area contributed by atoms with Gasteiger partial charge in [0, 0.05) is 20.4 Å². The molecule has 1 N–H and O–H groups in total. The number of Topliss-reactive ketones (excluding diaryl/α,β-unsaturated/α-hetero) is 1. The number of thiophene rings is 1. The van der Waals surface area contributed by atoms with E-state index in [1.807, 2.05) is 60.8 Å². The fourth-order valence-electron chi connectivity index (χ4n) is 3.78. The van der Waals surface area contributed by atoms with Gasteiger partial charge in [0.1, 0.15) is 11.6 Å². The lowest BCUT2D eigenvalue weighted by atomic mass is 10.00. The Morgan fingerprint density at radius 1 is 1.13 bits per heavy atom. The summed E-state index contributed by atoms with van der Waals surface area (Å²) < 4.78 is 6.62. The van der Waals surface area contributed by atoms with Crippen LogP contribution in [0.5, 0.6) is 0 Å². The average Bonchev–Trinajstić information content (AvgIpc) is 3.47. The second-order valence-corrected chi connectivity index (χ2v) is 9.21. The Labute approximate surface area is 190 Å². The van der Waals surface area contributed by atoms with Gasteiger partial charge in [-0.3, -0.25) is 14.5 Å². The van der Waals surface area contributed by atoms with E-state index in [1.54, 1.807) is 12.1 Å². The molecular formula is C24H16BrNO4S. The summed E-state index contributed by atoms with van der Waals surface area (Å²) in [6.45, 7) is 1.96. The van der Waals surface area contributed by atoms with Crippen LogP contribution >= 0.6 is 27.3 Å². The van der Waals surface area contributed by atoms with E-state index in [0.29, 0.717) is 11.3 Å². The number of fused-ring (bicyclic) bond motifs is 1. The van der Waals surface area contributed by atoms with Crippen molar-refractivity contribution in [2.75, 3.05) is 4.90 Å². The number of aliphatic hydroxyl groups is 1. The first-order valence-corrected chi connectivity index (χ1v) is 11.2. The number of aliphatic hydroxyl groups excluding tert-OH is 1. The zero-order chi connectivity index (χ0) is 21.7. The zero-order valence-corrected chi connectivity index (χ0v) is 18.7. The molecule has 4 aromatic rings. The van der Waals surface area contributed by atoms with Crippen molar-refractivity contribution in [2.24, 2.45) is 0 Å². The molecule has 1 aliphatic rings. The second-order valence-electron chi connectivity index (χ2n) is 7.31. The number of benzene rings is 2. The van der Waals surface area contributed by atoms with Crippen molar-refractivity contribution in [3.63, 3.8) is 0 Å². The Bertz CT molecular complexity index is 1350. The normalized spacial score (nSPS) is 16.5. The van der Waals surface area contributed by atoms with Crippen molar-refractivity contribution in [1.29, 1.82) is 0 Å². The molecule has 0 saturated heterocycles. The minimum Gasteiger partial charge on any atom is -0.503 e. The average molecular weight is 494 g/mol. The fourth-order valence-corrected chi connectivity index (χ4v) is 4.99. The molecule has 0 bridgehead atoms. The summed E-state index contributed by atoms with van der Waals surface area (Å²) in [5.74, 6) is -1.59. The highest BCUT2D eigenvalue weighted by Gasteiger charge is 2.45. The third-order valence-electron chi connectivity index (χ3n) is 5.28. The van der Waals surface area contributed by atoms with Gasteiger partial charge in [0.25, 0.3) is 5.91 Å². The van der Waals surface area contributed by atoms with E-state index < -0.39 is 23.5 Å². The van der Waals surface area contributed by atoms with Crippen LogP contribution < -0.4 is 4.90 Å². The number of rotatable bonds is 4. The molecule has 1 atom stereocenters. The number of ketones is 1. The van der Waals surface area contributed by atoms with Crippen LogP contribution in [-0.2, 0) is 4.79 Å². The molecule has 1 unspecified atom stereocenters. The van der Waals surface area contributed by atoms with E-state index in [4.69, 9.17) is 4.42 Å². The van der Waals surface area contributed by atoms with Crippen molar-refractivity contribution in [3.05, 3.63) is 98.0 Å². The number of furan rings is 1. The van der Waals surface area contributed by atoms with Gasteiger partial charge in [-0.15, -0.1) is 11.3 Å². The Kier molecular flexibility index (Phi) is 4.79. The van der Waals surface area contributed by atoms with E-state index in [-0.39, 0.29) is 11.3 Å². The Morgan fingerprint density at radius 3 is 2.61 bits per heavy atom. The monoisotopic (exact) mass is 493 g/mol. The van der Waals surface area contributed by atoms with E-state index >= 15 is 0 Å². The number of amides is 1. The first-order chi connectivity index (χ1) is 14.9. The summed E-state index contributed by atoms with van der Waals surface area (Å²) in [5.41, 5.74) is 2.23. The van der Waals surface area contributed by atoms with E-state index in [9.17, 15) is 14.7 Å². The quantitative estimate of drug-likeness (QED) is 0.336. The topological polar surface area (TPSA) is 70.8 Å². The van der Waals surface area contributed by atoms with Crippen molar-refractivity contribution >= 4 is 55.6 Å². The predicted molar refractivity (Wildman–Crippen MR) is 124 cm³/mol. The number of carbonyl (C=O) groups is 2. The zero-order valence-electron chi connectivity index (χ0n) is 16.3. The largest absolute Gasteiger partial charge is 0.503 e. The molecule has 31 heavy (non-hydrogen) atoms. The highest BCUT2D eigenvalue weighted by molar-refractivity contribution is 9.10. The minimum absolute atomic E-state index is 0.0196. The van der Waals surface area contributed by atoms with Gasteiger partial charge in [-0.2, -0.15) is 0 Å². The van der Waals surface area contributed by atoms with Gasteiger partial charge >= 0.3 is 0 Å². The van der Waals surface area contributed by atoms with Crippen LogP contribution in [0.15, 0.2) is 86.3 Å². The molecule has 154 valence electrons. The first kappa shape index (κ1) is 19.8. The molecule has 0 spiro atoms. The van der Waals surface area contributed by atoms with Crippen molar-refractivity contribution in [3.8, 4) is 0 Å². The number of nitrogens with zero attached hydrogens (tertiary/aromatic N) is 1. The van der Waals surface area contributed by atoms with E-state index in [2.05, 4.69) is 15.9 Å². The third kappa shape index (κ3) is 3.30. The van der Waals surface area contributed by atoms with Crippen LogP contribution in [0.25, 0.3) is 11.0 Å². The summed E-state index contributed by atoms with van der Waals surface area (Å²) in [6.07, 6.45) is 0. The number of hydrogen-bond donors (Lipinski definition) is 1. The maximum absolute atomic E-state index is 13.5. The van der Waals surface area contributed by atoms with Crippen LogP contribution in [0, 0.1) is 6.92 Å².